The summed E-state index contributed by atoms with van der Waals surface area (Å²) in [5.74, 6) is 0. The third-order valence-electron chi connectivity index (χ3n) is 2.20. The van der Waals surface area contributed by atoms with Crippen molar-refractivity contribution >= 4 is 15.5 Å². The second-order valence-corrected chi connectivity index (χ2v) is 5.19. The van der Waals surface area contributed by atoms with E-state index in [0.29, 0.717) is 0 Å². The van der Waals surface area contributed by atoms with E-state index >= 15 is 0 Å². The van der Waals surface area contributed by atoms with Crippen molar-refractivity contribution in [3.63, 3.8) is 0 Å². The van der Waals surface area contributed by atoms with Gasteiger partial charge in [-0.3, -0.25) is 10.1 Å². The van der Waals surface area contributed by atoms with Crippen LogP contribution in [-0.2, 0) is 9.84 Å². The van der Waals surface area contributed by atoms with Crippen molar-refractivity contribution in [1.29, 1.82) is 0 Å². The van der Waals surface area contributed by atoms with E-state index in [0.717, 1.165) is 6.07 Å². The Morgan fingerprint density at radius 3 is 2.50 bits per heavy atom. The highest BCUT2D eigenvalue weighted by molar-refractivity contribution is 7.91. The number of nitrogens with zero attached hydrogens (tertiary/aromatic N) is 2. The Morgan fingerprint density at radius 1 is 1.22 bits per heavy atom. The number of nitro groups is 1. The van der Waals surface area contributed by atoms with Gasteiger partial charge >= 0.3 is 5.69 Å². The maximum Gasteiger partial charge on any atom is 0.306 e. The van der Waals surface area contributed by atoms with Crippen LogP contribution in [0.1, 0.15) is 0 Å². The van der Waals surface area contributed by atoms with Gasteiger partial charge in [-0.25, -0.2) is 13.4 Å². The SMILES string of the molecule is O=[N+]([O-])c1cccnc1S(=O)(=O)c1cc[c]cc1. The molecule has 91 valence electrons. The first-order valence-corrected chi connectivity index (χ1v) is 6.32. The van der Waals surface area contributed by atoms with Crippen molar-refractivity contribution in [3.05, 3.63) is 58.8 Å². The van der Waals surface area contributed by atoms with Gasteiger partial charge < -0.3 is 0 Å². The highest BCUT2D eigenvalue weighted by atomic mass is 32.2. The molecule has 1 heterocycles. The molecule has 0 bridgehead atoms. The first-order valence-electron chi connectivity index (χ1n) is 4.84. The number of pyridine rings is 1. The summed E-state index contributed by atoms with van der Waals surface area (Å²) in [6.45, 7) is 0. The zero-order valence-corrected chi connectivity index (χ0v) is 9.79. The van der Waals surface area contributed by atoms with Gasteiger partial charge in [0.25, 0.3) is 0 Å². The fourth-order valence-electron chi connectivity index (χ4n) is 1.39. The average molecular weight is 263 g/mol. The molecule has 0 unspecified atom stereocenters. The Labute approximate surface area is 103 Å². The van der Waals surface area contributed by atoms with Crippen LogP contribution < -0.4 is 0 Å². The maximum atomic E-state index is 12.2. The molecule has 1 aromatic heterocycles. The van der Waals surface area contributed by atoms with Crippen molar-refractivity contribution < 1.29 is 13.3 Å². The van der Waals surface area contributed by atoms with Crippen molar-refractivity contribution in [1.82, 2.24) is 4.98 Å². The van der Waals surface area contributed by atoms with Gasteiger partial charge in [0.2, 0.25) is 14.9 Å². The summed E-state index contributed by atoms with van der Waals surface area (Å²) in [5.41, 5.74) is -0.537. The lowest BCUT2D eigenvalue weighted by atomic mass is 10.4. The van der Waals surface area contributed by atoms with Crippen LogP contribution in [0.15, 0.2) is 52.5 Å². The van der Waals surface area contributed by atoms with E-state index in [-0.39, 0.29) is 4.90 Å². The van der Waals surface area contributed by atoms with Crippen molar-refractivity contribution in [2.24, 2.45) is 0 Å². The van der Waals surface area contributed by atoms with E-state index in [1.807, 2.05) is 0 Å². The molecule has 0 aliphatic rings. The molecule has 18 heavy (non-hydrogen) atoms. The summed E-state index contributed by atoms with van der Waals surface area (Å²) in [6, 6.07) is 10.6. The molecular weight excluding hydrogens is 256 g/mol. The lowest BCUT2D eigenvalue weighted by Gasteiger charge is -2.03. The van der Waals surface area contributed by atoms with E-state index in [1.165, 1.54) is 36.5 Å². The summed E-state index contributed by atoms with van der Waals surface area (Å²) >= 11 is 0. The smallest absolute Gasteiger partial charge is 0.258 e. The predicted molar refractivity (Wildman–Crippen MR) is 61.6 cm³/mol. The standard InChI is InChI=1S/C11H7N2O4S/c14-13(15)10-7-4-8-12-11(10)18(16,17)9-5-2-1-3-6-9/h2-8H. The second kappa shape index (κ2) is 4.53. The maximum absolute atomic E-state index is 12.2. The number of sulfone groups is 1. The van der Waals surface area contributed by atoms with E-state index in [4.69, 9.17) is 0 Å². The number of benzene rings is 1. The van der Waals surface area contributed by atoms with Crippen LogP contribution in [0.3, 0.4) is 0 Å². The number of hydrogen-bond donors (Lipinski definition) is 0. The Morgan fingerprint density at radius 2 is 1.89 bits per heavy atom. The second-order valence-electron chi connectivity index (χ2n) is 3.32. The quantitative estimate of drug-likeness (QED) is 0.620. The van der Waals surface area contributed by atoms with E-state index < -0.39 is 25.5 Å². The van der Waals surface area contributed by atoms with Gasteiger partial charge in [0, 0.05) is 12.3 Å². The van der Waals surface area contributed by atoms with Gasteiger partial charge in [-0.15, -0.1) is 0 Å². The molecule has 7 heteroatoms. The molecular formula is C11H7N2O4S. The molecule has 6 nitrogen and oxygen atoms in total. The van der Waals surface area contributed by atoms with Crippen LogP contribution >= 0.6 is 0 Å². The third-order valence-corrected chi connectivity index (χ3v) is 3.92. The Bertz CT molecular complexity index is 683. The van der Waals surface area contributed by atoms with Gasteiger partial charge in [-0.2, -0.15) is 0 Å². The minimum absolute atomic E-state index is 0.0527. The summed E-state index contributed by atoms with van der Waals surface area (Å²) < 4.78 is 24.4. The van der Waals surface area contributed by atoms with Gasteiger partial charge in [0.1, 0.15) is 0 Å². The largest absolute Gasteiger partial charge is 0.306 e. The summed E-state index contributed by atoms with van der Waals surface area (Å²) in [4.78, 5) is 13.6. The first-order chi connectivity index (χ1) is 8.53. The minimum atomic E-state index is -3.99. The van der Waals surface area contributed by atoms with Crippen LogP contribution in [0.4, 0.5) is 5.69 Å². The van der Waals surface area contributed by atoms with E-state index in [9.17, 15) is 18.5 Å². The fourth-order valence-corrected chi connectivity index (χ4v) is 2.73. The molecule has 0 fully saturated rings. The normalized spacial score (nSPS) is 11.1. The summed E-state index contributed by atoms with van der Waals surface area (Å²) in [7, 11) is -3.99. The number of aromatic nitrogens is 1. The number of hydrogen-bond acceptors (Lipinski definition) is 5. The fraction of sp³-hybridized carbons (Fsp3) is 0. The topological polar surface area (TPSA) is 90.2 Å². The Hall–Kier alpha value is -2.28. The van der Waals surface area contributed by atoms with Gasteiger partial charge in [0.15, 0.2) is 0 Å². The van der Waals surface area contributed by atoms with E-state index in [1.54, 1.807) is 0 Å². The molecule has 0 spiro atoms. The van der Waals surface area contributed by atoms with Gasteiger partial charge in [-0.1, -0.05) is 12.1 Å². The monoisotopic (exact) mass is 263 g/mol. The van der Waals surface area contributed by atoms with Crippen molar-refractivity contribution in [3.8, 4) is 0 Å². The average Bonchev–Trinajstić information content (AvgIpc) is 2.39. The lowest BCUT2D eigenvalue weighted by Crippen LogP contribution is -2.07. The zero-order valence-electron chi connectivity index (χ0n) is 8.98. The highest BCUT2D eigenvalue weighted by Gasteiger charge is 2.28. The molecule has 0 saturated heterocycles. The van der Waals surface area contributed by atoms with Crippen LogP contribution in [0.2, 0.25) is 0 Å². The van der Waals surface area contributed by atoms with Gasteiger partial charge in [0.05, 0.1) is 9.82 Å². The molecule has 0 aliphatic heterocycles. The third kappa shape index (κ3) is 2.07. The molecule has 0 N–H and O–H groups in total. The van der Waals surface area contributed by atoms with Crippen molar-refractivity contribution in [2.75, 3.05) is 0 Å². The van der Waals surface area contributed by atoms with Crippen molar-refractivity contribution in [2.45, 2.75) is 9.92 Å². The molecule has 1 radical (unpaired) electrons. The van der Waals surface area contributed by atoms with Crippen LogP contribution in [-0.4, -0.2) is 18.3 Å². The highest BCUT2D eigenvalue weighted by Crippen LogP contribution is 2.26. The van der Waals surface area contributed by atoms with Crippen LogP contribution in [0, 0.1) is 16.2 Å². The zero-order chi connectivity index (χ0) is 13.2. The minimum Gasteiger partial charge on any atom is -0.258 e. The first kappa shape index (κ1) is 12.2. The molecule has 0 atom stereocenters. The number of rotatable bonds is 3. The Kier molecular flexibility index (Phi) is 3.07. The Balaban J connectivity index is 2.66. The van der Waals surface area contributed by atoms with E-state index in [2.05, 4.69) is 11.1 Å². The summed E-state index contributed by atoms with van der Waals surface area (Å²) in [5, 5.41) is 10.2. The molecule has 1 aromatic carbocycles. The predicted octanol–water partition coefficient (Wildman–Crippen LogP) is 1.62. The molecule has 2 aromatic rings. The molecule has 0 saturated carbocycles. The molecule has 2 rings (SSSR count). The van der Waals surface area contributed by atoms with Crippen LogP contribution in [0.5, 0.6) is 0 Å². The molecule has 0 amide bonds. The van der Waals surface area contributed by atoms with Gasteiger partial charge in [-0.05, 0) is 24.3 Å². The summed E-state index contributed by atoms with van der Waals surface area (Å²) in [6.07, 6.45) is 1.20. The lowest BCUT2D eigenvalue weighted by molar-refractivity contribution is -0.388. The van der Waals surface area contributed by atoms with Crippen LogP contribution in [0.25, 0.3) is 0 Å². The molecule has 0 aliphatic carbocycles.